The van der Waals surface area contributed by atoms with Crippen molar-refractivity contribution >= 4 is 17.2 Å². The zero-order valence-electron chi connectivity index (χ0n) is 59.7. The second-order valence-corrected chi connectivity index (χ2v) is 30.9. The van der Waals surface area contributed by atoms with Crippen LogP contribution in [0.15, 0.2) is 97.6 Å². The molecule has 98 heavy (non-hydrogen) atoms. The van der Waals surface area contributed by atoms with Crippen LogP contribution < -0.4 is 47.4 Å². The summed E-state index contributed by atoms with van der Waals surface area (Å²) in [6.45, 7) is 27.7. The average Bonchev–Trinajstić information content (AvgIpc) is 1.36. The summed E-state index contributed by atoms with van der Waals surface area (Å²) in [6.07, 6.45) is 31.7. The standard InChI is InChI=1S/C14H19N.C13H18N2.C12H17N3O.C12H17N3.C8H15N.C7H14N2.C6H9N3.C6H13N3.CH4/c1-15-10-8-14(9-11-15)7-6-12-4-2-3-5-13(12)14;1-15-9-6-13(7-10-15)5-4-12-11(13)3-2-8-14-12;1-15-7-4-12(5-8-15)10-3-2-6-13-11(10)14-9-16-12;1-2-4-12-11(3-1)14-9-15(12)10-5-7-13-8-6-10;1-2-7-4-8(3-1)6-9-5-7;1-2-7-6-8-3-5-9(7)4-1;1-3-9-4-2-8-6(9)5-7-1;1-2-9-5-8-4-6(9)3-7-1;/h2-5H,6-11H2,1H3;2-3,8H,4-7,9-10H2,1H3;2-3,6H,4-5,7-9H2,1H3,(H,13,14);1-4,10,13-14H,5-9H2;7-9H,1-6H2;7-8H,1-6H2;2,4,7H,1,3,5H2;6-8H,1-5H2;1H4. The Labute approximate surface area is 589 Å². The summed E-state index contributed by atoms with van der Waals surface area (Å²) in [5, 5.41) is 26.9. The number of pyridine rings is 2. The molecule has 10 fully saturated rings. The minimum absolute atomic E-state index is 0. The van der Waals surface area contributed by atoms with Crippen LogP contribution in [0.3, 0.4) is 0 Å². The molecular formula is C79H126N18O. The van der Waals surface area contributed by atoms with Gasteiger partial charge in [0.1, 0.15) is 24.0 Å². The highest BCUT2D eigenvalue weighted by Gasteiger charge is 2.43. The van der Waals surface area contributed by atoms with E-state index in [0.717, 1.165) is 114 Å². The molecule has 12 aliphatic heterocycles. The maximum absolute atomic E-state index is 6.00. The molecule has 8 N–H and O–H groups in total. The number of nitrogens with zero attached hydrogens (tertiary/aromatic N) is 10. The molecule has 538 valence electrons. The fourth-order valence-corrected chi connectivity index (χ4v) is 18.6. The van der Waals surface area contributed by atoms with Gasteiger partial charge in [-0.1, -0.05) is 62.4 Å². The lowest BCUT2D eigenvalue weighted by Crippen LogP contribution is -2.48. The lowest BCUT2D eigenvalue weighted by atomic mass is 9.74. The molecule has 20 rings (SSSR count). The Balaban J connectivity index is 0.000000108. The minimum atomic E-state index is -0.0959. The third-order valence-corrected chi connectivity index (χ3v) is 24.7. The Hall–Kier alpha value is -5.13. The quantitative estimate of drug-likeness (QED) is 0.0804. The summed E-state index contributed by atoms with van der Waals surface area (Å²) in [5.74, 6) is 4.23. The lowest BCUT2D eigenvalue weighted by Gasteiger charge is -2.43. The van der Waals surface area contributed by atoms with E-state index in [1.165, 1.54) is 210 Å². The van der Waals surface area contributed by atoms with Crippen LogP contribution in [0.4, 0.5) is 17.2 Å². The molecule has 0 amide bonds. The predicted octanol–water partition coefficient (Wildman–Crippen LogP) is 8.51. The van der Waals surface area contributed by atoms with Gasteiger partial charge in [-0.2, -0.15) is 0 Å². The first-order valence-corrected chi connectivity index (χ1v) is 38.4. The maximum atomic E-state index is 6.00. The molecule has 9 saturated heterocycles. The fourth-order valence-electron chi connectivity index (χ4n) is 18.6. The van der Waals surface area contributed by atoms with E-state index in [1.54, 1.807) is 16.7 Å². The van der Waals surface area contributed by atoms with Crippen LogP contribution in [0.2, 0.25) is 0 Å². The third kappa shape index (κ3) is 18.4. The maximum Gasteiger partial charge on any atom is 0.133 e. The van der Waals surface area contributed by atoms with E-state index in [9.17, 15) is 0 Å². The largest absolute Gasteiger partial charge is 0.366 e. The van der Waals surface area contributed by atoms with Gasteiger partial charge < -0.3 is 71.4 Å². The Morgan fingerprint density at radius 3 is 1.85 bits per heavy atom. The average molecular weight is 1340 g/mol. The number of fused-ring (bicyclic) bond motifs is 12. The number of likely N-dealkylation sites (tertiary alicyclic amines) is 3. The van der Waals surface area contributed by atoms with Crippen molar-refractivity contribution in [1.29, 1.82) is 0 Å². The zero-order valence-corrected chi connectivity index (χ0v) is 59.7. The molecule has 5 aromatic rings. The third-order valence-electron chi connectivity index (χ3n) is 24.7. The van der Waals surface area contributed by atoms with E-state index in [4.69, 9.17) is 4.74 Å². The van der Waals surface area contributed by atoms with E-state index in [-0.39, 0.29) is 13.0 Å². The number of piperazine rings is 2. The van der Waals surface area contributed by atoms with Crippen LogP contribution in [-0.4, -0.2) is 228 Å². The van der Waals surface area contributed by atoms with Crippen LogP contribution >= 0.6 is 0 Å². The molecule has 15 heterocycles. The number of aryl methyl sites for hydroxylation is 2. The number of nitrogens with one attached hydrogen (secondary N) is 8. The first-order valence-electron chi connectivity index (χ1n) is 38.4. The molecule has 2 bridgehead atoms. The van der Waals surface area contributed by atoms with Crippen LogP contribution in [0.25, 0.3) is 0 Å². The number of benzene rings is 2. The fraction of sp³-hybridized carbons (Fsp3) is 0.684. The highest BCUT2D eigenvalue weighted by molar-refractivity contribution is 5.75. The molecule has 3 aliphatic carbocycles. The molecule has 1 saturated carbocycles. The summed E-state index contributed by atoms with van der Waals surface area (Å²) in [7, 11) is 6.64. The summed E-state index contributed by atoms with van der Waals surface area (Å²) < 4.78 is 8.18. The van der Waals surface area contributed by atoms with Gasteiger partial charge in [0.25, 0.3) is 0 Å². The second kappa shape index (κ2) is 35.7. The van der Waals surface area contributed by atoms with Crippen LogP contribution in [0.1, 0.15) is 144 Å². The number of anilines is 3. The number of hydrogen-bond donors (Lipinski definition) is 8. The molecule has 4 unspecified atom stereocenters. The summed E-state index contributed by atoms with van der Waals surface area (Å²) >= 11 is 0. The normalized spacial score (nSPS) is 26.8. The van der Waals surface area contributed by atoms with E-state index < -0.39 is 0 Å². The van der Waals surface area contributed by atoms with Gasteiger partial charge in [0.05, 0.1) is 24.6 Å². The SMILES string of the molecule is C.C1CC2CNCC(C1)C2.C1CC2CNCCN2C1.C1CN2CNCC2CN1.CN1CCC2(CC1)OCNc1ncccc12.CN1CCC2(CCc3ccccc32)CC1.CN1CCC2(CCc3ncccc32)CC1.c1ccc2c(c1)NCN2C1CCNCC1.c1cn2c(n1)CNCC2. The summed E-state index contributed by atoms with van der Waals surface area (Å²) in [5.41, 5.74) is 11.0. The molecular weight excluding hydrogens is 1220 g/mol. The van der Waals surface area contributed by atoms with Gasteiger partial charge in [0.2, 0.25) is 0 Å². The van der Waals surface area contributed by atoms with Crippen molar-refractivity contribution in [3.8, 4) is 0 Å². The van der Waals surface area contributed by atoms with Crippen LogP contribution in [-0.2, 0) is 47.1 Å². The monoisotopic (exact) mass is 1340 g/mol. The van der Waals surface area contributed by atoms with Gasteiger partial charge in [-0.25, -0.2) is 9.97 Å². The Kier molecular flexibility index (Phi) is 26.4. The highest BCUT2D eigenvalue weighted by Crippen LogP contribution is 2.47. The molecule has 0 radical (unpaired) electrons. The van der Waals surface area contributed by atoms with Gasteiger partial charge in [0, 0.05) is 133 Å². The van der Waals surface area contributed by atoms with Crippen molar-refractivity contribution in [1.82, 2.24) is 75.9 Å². The Bertz CT molecular complexity index is 3000. The van der Waals surface area contributed by atoms with Crippen molar-refractivity contribution in [2.24, 2.45) is 11.8 Å². The van der Waals surface area contributed by atoms with Crippen molar-refractivity contribution < 1.29 is 4.74 Å². The van der Waals surface area contributed by atoms with Crippen molar-refractivity contribution in [3.63, 3.8) is 0 Å². The smallest absolute Gasteiger partial charge is 0.133 e. The van der Waals surface area contributed by atoms with Crippen LogP contribution in [0.5, 0.6) is 0 Å². The molecule has 4 atom stereocenters. The van der Waals surface area contributed by atoms with Gasteiger partial charge >= 0.3 is 0 Å². The molecule has 19 heteroatoms. The lowest BCUT2D eigenvalue weighted by molar-refractivity contribution is -0.0855. The van der Waals surface area contributed by atoms with Crippen molar-refractivity contribution in [2.45, 2.75) is 171 Å². The van der Waals surface area contributed by atoms with E-state index in [1.807, 2.05) is 30.9 Å². The van der Waals surface area contributed by atoms with Crippen molar-refractivity contribution in [2.75, 3.05) is 181 Å². The van der Waals surface area contributed by atoms with Gasteiger partial charge in [0.15, 0.2) is 0 Å². The van der Waals surface area contributed by atoms with E-state index >= 15 is 0 Å². The number of imidazole rings is 1. The Morgan fingerprint density at radius 1 is 0.469 bits per heavy atom. The first-order chi connectivity index (χ1) is 47.7. The van der Waals surface area contributed by atoms with E-state index in [2.05, 4.69) is 179 Å². The van der Waals surface area contributed by atoms with Gasteiger partial charge in [-0.3, -0.25) is 14.8 Å². The molecule has 3 spiro atoms. The Morgan fingerprint density at radius 2 is 1.11 bits per heavy atom. The molecule has 19 nitrogen and oxygen atoms in total. The van der Waals surface area contributed by atoms with Gasteiger partial charge in [-0.05, 0) is 253 Å². The molecule has 3 aromatic heterocycles. The number of rotatable bonds is 1. The molecule has 2 aromatic carbocycles. The highest BCUT2D eigenvalue weighted by atomic mass is 16.5. The number of aromatic nitrogens is 4. The zero-order chi connectivity index (χ0) is 66.1. The van der Waals surface area contributed by atoms with Gasteiger partial charge in [-0.15, -0.1) is 0 Å². The summed E-state index contributed by atoms with van der Waals surface area (Å²) in [4.78, 5) is 27.9. The van der Waals surface area contributed by atoms with E-state index in [0.29, 0.717) is 23.6 Å². The topological polar surface area (TPSA) is 169 Å². The predicted molar refractivity (Wildman–Crippen MR) is 402 cm³/mol. The molecule has 15 aliphatic rings. The number of piperidine rings is 5. The van der Waals surface area contributed by atoms with Crippen molar-refractivity contribution in [3.05, 3.63) is 131 Å². The first kappa shape index (κ1) is 72.7. The second-order valence-electron chi connectivity index (χ2n) is 30.9. The minimum Gasteiger partial charge on any atom is -0.366 e. The number of hydrogen-bond acceptors (Lipinski definition) is 18. The van der Waals surface area contributed by atoms with Crippen LogP contribution in [0, 0.1) is 11.8 Å². The number of ether oxygens (including phenoxy) is 1. The number of para-hydroxylation sites is 2. The summed E-state index contributed by atoms with van der Waals surface area (Å²) in [6, 6.07) is 28.6.